The van der Waals surface area contributed by atoms with Crippen molar-refractivity contribution in [1.29, 1.82) is 0 Å². The molecule has 0 fully saturated rings. The number of carbonyl (C=O) groups excluding carboxylic acids is 2. The second kappa shape index (κ2) is 10.1. The lowest BCUT2D eigenvalue weighted by atomic mass is 10.1. The van der Waals surface area contributed by atoms with Crippen LogP contribution in [0.25, 0.3) is 0 Å². The molecular weight excluding hydrogens is 420 g/mol. The molecule has 0 radical (unpaired) electrons. The number of hydrogen-bond donors (Lipinski definition) is 2. The SMILES string of the molecule is COc1ccc(C(=O)CCC(=O)Nc2ccc(S(=O)(=O)NCc3ccco3)cc2)cc1. The molecular formula is C22H22N2O6S. The maximum absolute atomic E-state index is 12.3. The van der Waals surface area contributed by atoms with Crippen LogP contribution in [-0.2, 0) is 21.4 Å². The summed E-state index contributed by atoms with van der Waals surface area (Å²) in [6.45, 7) is 0.0377. The van der Waals surface area contributed by atoms with Gasteiger partial charge in [0, 0.05) is 24.1 Å². The lowest BCUT2D eigenvalue weighted by Crippen LogP contribution is -2.23. The smallest absolute Gasteiger partial charge is 0.240 e. The monoisotopic (exact) mass is 442 g/mol. The van der Waals surface area contributed by atoms with E-state index in [2.05, 4.69) is 10.0 Å². The zero-order valence-electron chi connectivity index (χ0n) is 16.8. The lowest BCUT2D eigenvalue weighted by molar-refractivity contribution is -0.116. The number of amides is 1. The van der Waals surface area contributed by atoms with Crippen molar-refractivity contribution in [2.75, 3.05) is 12.4 Å². The molecule has 31 heavy (non-hydrogen) atoms. The number of ether oxygens (including phenoxy) is 1. The number of methoxy groups -OCH3 is 1. The van der Waals surface area contributed by atoms with Crippen LogP contribution in [0.1, 0.15) is 29.0 Å². The minimum absolute atomic E-state index is 0.00954. The van der Waals surface area contributed by atoms with E-state index in [1.165, 1.54) is 30.5 Å². The number of furan rings is 1. The summed E-state index contributed by atoms with van der Waals surface area (Å²) >= 11 is 0. The Labute approximate surface area is 180 Å². The number of nitrogens with one attached hydrogen (secondary N) is 2. The Hall–Kier alpha value is -3.43. The summed E-state index contributed by atoms with van der Waals surface area (Å²) in [5.41, 5.74) is 0.942. The number of carbonyl (C=O) groups is 2. The molecule has 0 unspecified atom stereocenters. The fourth-order valence-corrected chi connectivity index (χ4v) is 3.75. The topological polar surface area (TPSA) is 115 Å². The van der Waals surface area contributed by atoms with E-state index in [0.29, 0.717) is 22.8 Å². The number of ketones is 1. The average Bonchev–Trinajstić information content (AvgIpc) is 3.30. The van der Waals surface area contributed by atoms with E-state index in [-0.39, 0.29) is 36.0 Å². The van der Waals surface area contributed by atoms with Crippen molar-refractivity contribution in [2.45, 2.75) is 24.3 Å². The Balaban J connectivity index is 1.50. The normalized spacial score (nSPS) is 11.1. The minimum Gasteiger partial charge on any atom is -0.497 e. The zero-order valence-corrected chi connectivity index (χ0v) is 17.6. The number of sulfonamides is 1. The Morgan fingerprint density at radius 2 is 1.68 bits per heavy atom. The Morgan fingerprint density at radius 1 is 0.968 bits per heavy atom. The van der Waals surface area contributed by atoms with E-state index in [1.54, 1.807) is 43.5 Å². The van der Waals surface area contributed by atoms with Gasteiger partial charge in [0.15, 0.2) is 5.78 Å². The summed E-state index contributed by atoms with van der Waals surface area (Å²) in [6, 6.07) is 15.8. The van der Waals surface area contributed by atoms with E-state index in [4.69, 9.17) is 9.15 Å². The van der Waals surface area contributed by atoms with E-state index in [1.807, 2.05) is 0 Å². The number of benzene rings is 2. The standard InChI is InChI=1S/C22H22N2O6S/c1-29-18-8-4-16(5-9-18)21(25)12-13-22(26)24-17-6-10-20(11-7-17)31(27,28)23-15-19-3-2-14-30-19/h2-11,14,23H,12-13,15H2,1H3,(H,24,26). The fourth-order valence-electron chi connectivity index (χ4n) is 2.75. The highest BCUT2D eigenvalue weighted by Gasteiger charge is 2.15. The van der Waals surface area contributed by atoms with Crippen LogP contribution in [0, 0.1) is 0 Å². The molecule has 1 heterocycles. The van der Waals surface area contributed by atoms with Crippen molar-refractivity contribution in [1.82, 2.24) is 4.72 Å². The first-order valence-corrected chi connectivity index (χ1v) is 10.9. The van der Waals surface area contributed by atoms with E-state index in [9.17, 15) is 18.0 Å². The van der Waals surface area contributed by atoms with Gasteiger partial charge in [-0.3, -0.25) is 9.59 Å². The van der Waals surface area contributed by atoms with E-state index >= 15 is 0 Å². The van der Waals surface area contributed by atoms with Gasteiger partial charge in [-0.05, 0) is 60.7 Å². The highest BCUT2D eigenvalue weighted by Crippen LogP contribution is 2.16. The number of rotatable bonds is 10. The molecule has 0 atom stereocenters. The summed E-state index contributed by atoms with van der Waals surface area (Å²) in [6.07, 6.45) is 1.53. The second-order valence-corrected chi connectivity index (χ2v) is 8.40. The molecule has 2 N–H and O–H groups in total. The maximum atomic E-state index is 12.3. The van der Waals surface area contributed by atoms with Crippen LogP contribution in [0.4, 0.5) is 5.69 Å². The molecule has 9 heteroatoms. The number of hydrogen-bond acceptors (Lipinski definition) is 6. The third-order valence-corrected chi connectivity index (χ3v) is 5.87. The summed E-state index contributed by atoms with van der Waals surface area (Å²) in [5, 5.41) is 2.66. The van der Waals surface area contributed by atoms with Crippen LogP contribution in [0.2, 0.25) is 0 Å². The predicted molar refractivity (Wildman–Crippen MR) is 114 cm³/mol. The van der Waals surface area contributed by atoms with Crippen molar-refractivity contribution in [3.8, 4) is 5.75 Å². The van der Waals surface area contributed by atoms with Gasteiger partial charge in [0.1, 0.15) is 11.5 Å². The highest BCUT2D eigenvalue weighted by atomic mass is 32.2. The average molecular weight is 442 g/mol. The molecule has 3 rings (SSSR count). The van der Waals surface area contributed by atoms with Crippen LogP contribution >= 0.6 is 0 Å². The third-order valence-electron chi connectivity index (χ3n) is 4.46. The van der Waals surface area contributed by atoms with Crippen molar-refractivity contribution in [3.63, 3.8) is 0 Å². The number of anilines is 1. The molecule has 8 nitrogen and oxygen atoms in total. The van der Waals surface area contributed by atoms with Gasteiger partial charge in [-0.1, -0.05) is 0 Å². The largest absolute Gasteiger partial charge is 0.497 e. The van der Waals surface area contributed by atoms with E-state index in [0.717, 1.165) is 0 Å². The van der Waals surface area contributed by atoms with E-state index < -0.39 is 10.0 Å². The van der Waals surface area contributed by atoms with Crippen molar-refractivity contribution in [3.05, 3.63) is 78.3 Å². The summed E-state index contributed by atoms with van der Waals surface area (Å²) in [4.78, 5) is 24.4. The predicted octanol–water partition coefficient (Wildman–Crippen LogP) is 3.37. The first kappa shape index (κ1) is 22.3. The molecule has 0 aliphatic heterocycles. The molecule has 0 spiro atoms. The lowest BCUT2D eigenvalue weighted by Gasteiger charge is -2.08. The number of Topliss-reactive ketones (excluding diaryl/α,β-unsaturated/α-hetero) is 1. The van der Waals surface area contributed by atoms with Gasteiger partial charge in [-0.25, -0.2) is 13.1 Å². The molecule has 0 bridgehead atoms. The fraction of sp³-hybridized carbons (Fsp3) is 0.182. The maximum Gasteiger partial charge on any atom is 0.240 e. The summed E-state index contributed by atoms with van der Waals surface area (Å²) in [5.74, 6) is 0.655. The van der Waals surface area contributed by atoms with Crippen LogP contribution < -0.4 is 14.8 Å². The van der Waals surface area contributed by atoms with Gasteiger partial charge in [0.05, 0.1) is 24.8 Å². The molecule has 0 saturated carbocycles. The van der Waals surface area contributed by atoms with Gasteiger partial charge in [0.25, 0.3) is 0 Å². The molecule has 1 aromatic heterocycles. The Bertz CT molecular complexity index is 1120. The molecule has 162 valence electrons. The van der Waals surface area contributed by atoms with Crippen LogP contribution in [0.15, 0.2) is 76.2 Å². The first-order chi connectivity index (χ1) is 14.9. The second-order valence-electron chi connectivity index (χ2n) is 6.63. The van der Waals surface area contributed by atoms with Gasteiger partial charge in [0.2, 0.25) is 15.9 Å². The quantitative estimate of drug-likeness (QED) is 0.465. The van der Waals surface area contributed by atoms with Crippen molar-refractivity contribution in [2.24, 2.45) is 0 Å². The van der Waals surface area contributed by atoms with Crippen molar-refractivity contribution < 1.29 is 27.2 Å². The van der Waals surface area contributed by atoms with Gasteiger partial charge in [-0.2, -0.15) is 0 Å². The molecule has 0 aliphatic rings. The molecule has 0 aliphatic carbocycles. The Kier molecular flexibility index (Phi) is 7.22. The zero-order chi connectivity index (χ0) is 22.3. The summed E-state index contributed by atoms with van der Waals surface area (Å²) in [7, 11) is -2.17. The molecule has 0 saturated heterocycles. The van der Waals surface area contributed by atoms with Crippen molar-refractivity contribution >= 4 is 27.4 Å². The third kappa shape index (κ3) is 6.27. The first-order valence-electron chi connectivity index (χ1n) is 9.46. The van der Waals surface area contributed by atoms with Gasteiger partial charge in [-0.15, -0.1) is 0 Å². The summed E-state index contributed by atoms with van der Waals surface area (Å²) < 4.78 is 37.2. The van der Waals surface area contributed by atoms with Crippen LogP contribution in [0.5, 0.6) is 5.75 Å². The Morgan fingerprint density at radius 3 is 2.29 bits per heavy atom. The molecule has 3 aromatic rings. The minimum atomic E-state index is -3.72. The van der Waals surface area contributed by atoms with Crippen LogP contribution in [0.3, 0.4) is 0 Å². The molecule has 1 amide bonds. The highest BCUT2D eigenvalue weighted by molar-refractivity contribution is 7.89. The molecule has 2 aromatic carbocycles. The van der Waals surface area contributed by atoms with Gasteiger partial charge < -0.3 is 14.5 Å². The van der Waals surface area contributed by atoms with Crippen LogP contribution in [-0.4, -0.2) is 27.2 Å². The van der Waals surface area contributed by atoms with Gasteiger partial charge >= 0.3 is 0 Å².